The Bertz CT molecular complexity index is 3990. The molecule has 0 amide bonds. The molecular formula is C80H80N2O2. The number of ether oxygens (including phenoxy) is 2. The van der Waals surface area contributed by atoms with Crippen LogP contribution in [0.15, 0.2) is 212 Å². The molecular weight excluding hydrogens is 1020 g/mol. The molecule has 4 atom stereocenters. The van der Waals surface area contributed by atoms with E-state index in [2.05, 4.69) is 250 Å². The van der Waals surface area contributed by atoms with Crippen LogP contribution in [0.25, 0.3) is 27.1 Å². The fraction of sp³-hybridized carbons (Fsp3) is 0.275. The molecule has 0 saturated heterocycles. The zero-order chi connectivity index (χ0) is 57.3. The van der Waals surface area contributed by atoms with E-state index in [1.165, 1.54) is 156 Å². The lowest BCUT2D eigenvalue weighted by Crippen LogP contribution is -2.38. The molecule has 1 fully saturated rings. The Morgan fingerprint density at radius 1 is 0.393 bits per heavy atom. The third-order valence-electron chi connectivity index (χ3n) is 19.4. The molecule has 0 radical (unpaired) electrons. The van der Waals surface area contributed by atoms with E-state index >= 15 is 0 Å². The molecule has 0 bridgehead atoms. The van der Waals surface area contributed by atoms with Gasteiger partial charge in [0, 0.05) is 13.1 Å². The largest absolute Gasteiger partial charge is 0.497 e. The molecule has 0 spiro atoms. The van der Waals surface area contributed by atoms with Crippen molar-refractivity contribution in [2.24, 2.45) is 0 Å². The molecule has 14 rings (SSSR count). The van der Waals surface area contributed by atoms with Gasteiger partial charge in [-0.3, -0.25) is 9.80 Å². The summed E-state index contributed by atoms with van der Waals surface area (Å²) in [6.45, 7) is 10.8. The third-order valence-corrected chi connectivity index (χ3v) is 19.4. The molecule has 4 heteroatoms. The monoisotopic (exact) mass is 1100 g/mol. The van der Waals surface area contributed by atoms with Gasteiger partial charge in [0.1, 0.15) is 11.5 Å². The van der Waals surface area contributed by atoms with Crippen LogP contribution in [0.3, 0.4) is 0 Å². The molecule has 0 unspecified atom stereocenters. The molecule has 2 aliphatic heterocycles. The summed E-state index contributed by atoms with van der Waals surface area (Å²) in [6.07, 6.45) is 14.0. The van der Waals surface area contributed by atoms with Crippen LogP contribution in [-0.2, 0) is 13.1 Å². The van der Waals surface area contributed by atoms with Crippen LogP contribution in [0.5, 0.6) is 11.5 Å². The van der Waals surface area contributed by atoms with E-state index in [9.17, 15) is 0 Å². The Morgan fingerprint density at radius 2 is 0.821 bits per heavy atom. The van der Waals surface area contributed by atoms with Crippen LogP contribution < -0.4 is 9.47 Å². The third kappa shape index (κ3) is 10.5. The van der Waals surface area contributed by atoms with Crippen LogP contribution in [0.2, 0.25) is 0 Å². The molecule has 0 aromatic heterocycles. The standard InChI is InChI=1S/C40H41NO.C40H39NO/c2*1-27-19-20-30-22-24-35(29-13-7-4-8-14-29)38-37(30)36(27)39(31-15-9-5-10-16-31)41(40(38)32-17-11-6-12-18-32)26-33-21-23-34(42-3)25-28(33)2/h5-6,9-12,15-25,29,39-40H,4,7-8,13-14,26H2,1-3H3;5-6,9-13,15-25,39-40H,4,7-8,14,26H2,1-3H3/t2*39-,40+/m11/s1. The Balaban J connectivity index is 0.000000157. The van der Waals surface area contributed by atoms with Crippen LogP contribution in [-0.4, -0.2) is 24.0 Å². The van der Waals surface area contributed by atoms with Gasteiger partial charge >= 0.3 is 0 Å². The minimum absolute atomic E-state index is 0.105. The van der Waals surface area contributed by atoms with Crippen molar-refractivity contribution in [1.29, 1.82) is 0 Å². The van der Waals surface area contributed by atoms with Crippen molar-refractivity contribution in [3.63, 3.8) is 0 Å². The van der Waals surface area contributed by atoms with Gasteiger partial charge in [0.15, 0.2) is 0 Å². The van der Waals surface area contributed by atoms with Crippen molar-refractivity contribution in [1.82, 2.24) is 9.80 Å². The van der Waals surface area contributed by atoms with E-state index in [4.69, 9.17) is 9.47 Å². The van der Waals surface area contributed by atoms with E-state index in [0.29, 0.717) is 5.92 Å². The van der Waals surface area contributed by atoms with Crippen LogP contribution in [0.1, 0.15) is 177 Å². The van der Waals surface area contributed by atoms with E-state index < -0.39 is 0 Å². The molecule has 1 saturated carbocycles. The molecule has 84 heavy (non-hydrogen) atoms. The SMILES string of the molecule is COc1ccc(CN2[C@H](c3ccccc3)c3c(C)ccc4ccc(C5=CCCCC5)c(c34)[C@@H]2c2ccccc2)c(C)c1.COc1ccc(CN2[C@H](c3ccccc3)c3c(C)ccc4ccc(C5CCCCC5)c(c34)[C@@H]2c2ccccc2)c(C)c1. The summed E-state index contributed by atoms with van der Waals surface area (Å²) in [5, 5.41) is 5.65. The summed E-state index contributed by atoms with van der Waals surface area (Å²) in [4.78, 5) is 5.58. The first-order valence-electron chi connectivity index (χ1n) is 31.1. The van der Waals surface area contributed by atoms with Gasteiger partial charge in [-0.05, 0) is 213 Å². The number of rotatable bonds is 12. The maximum absolute atomic E-state index is 5.59. The number of hydrogen-bond donors (Lipinski definition) is 0. The van der Waals surface area contributed by atoms with Gasteiger partial charge in [-0.25, -0.2) is 0 Å². The second-order valence-electron chi connectivity index (χ2n) is 24.4. The first-order valence-corrected chi connectivity index (χ1v) is 31.1. The summed E-state index contributed by atoms with van der Waals surface area (Å²) in [5.74, 6) is 2.45. The summed E-state index contributed by atoms with van der Waals surface area (Å²) < 4.78 is 11.2. The van der Waals surface area contributed by atoms with Crippen molar-refractivity contribution in [2.75, 3.05) is 14.2 Å². The molecule has 422 valence electrons. The first-order chi connectivity index (χ1) is 41.3. The molecule has 2 aliphatic carbocycles. The van der Waals surface area contributed by atoms with Gasteiger partial charge in [0.2, 0.25) is 0 Å². The summed E-state index contributed by atoms with van der Waals surface area (Å²) in [7, 11) is 3.50. The van der Waals surface area contributed by atoms with Crippen molar-refractivity contribution >= 4 is 27.1 Å². The summed E-state index contributed by atoms with van der Waals surface area (Å²) >= 11 is 0. The van der Waals surface area contributed by atoms with E-state index in [0.717, 1.165) is 31.0 Å². The average Bonchev–Trinajstić information content (AvgIpc) is 0.964. The van der Waals surface area contributed by atoms with E-state index in [1.54, 1.807) is 25.3 Å². The van der Waals surface area contributed by atoms with Crippen molar-refractivity contribution in [2.45, 2.75) is 129 Å². The lowest BCUT2D eigenvalue weighted by atomic mass is 9.73. The predicted molar refractivity (Wildman–Crippen MR) is 349 cm³/mol. The topological polar surface area (TPSA) is 24.9 Å². The van der Waals surface area contributed by atoms with E-state index in [-0.39, 0.29) is 24.2 Å². The number of nitrogens with zero attached hydrogens (tertiary/aromatic N) is 2. The summed E-state index contributed by atoms with van der Waals surface area (Å²) in [5.41, 5.74) is 23.8. The predicted octanol–water partition coefficient (Wildman–Crippen LogP) is 20.3. The van der Waals surface area contributed by atoms with Crippen molar-refractivity contribution in [3.8, 4) is 11.5 Å². The zero-order valence-corrected chi connectivity index (χ0v) is 50.1. The highest BCUT2D eigenvalue weighted by Crippen LogP contribution is 2.55. The average molecular weight is 1100 g/mol. The number of benzene rings is 10. The molecule has 2 heterocycles. The number of methoxy groups -OCH3 is 2. The molecule has 4 nitrogen and oxygen atoms in total. The van der Waals surface area contributed by atoms with Gasteiger partial charge in [0.05, 0.1) is 38.4 Å². The van der Waals surface area contributed by atoms with Gasteiger partial charge in [0.25, 0.3) is 0 Å². The molecule has 10 aromatic rings. The zero-order valence-electron chi connectivity index (χ0n) is 50.1. The smallest absolute Gasteiger partial charge is 0.119 e. The second-order valence-corrected chi connectivity index (χ2v) is 24.4. The minimum atomic E-state index is 0.105. The van der Waals surface area contributed by atoms with Crippen LogP contribution >= 0.6 is 0 Å². The maximum Gasteiger partial charge on any atom is 0.119 e. The Kier molecular flexibility index (Phi) is 16.0. The lowest BCUT2D eigenvalue weighted by Gasteiger charge is -2.46. The Labute approximate surface area is 499 Å². The van der Waals surface area contributed by atoms with Crippen molar-refractivity contribution < 1.29 is 9.47 Å². The normalized spacial score (nSPS) is 18.9. The second kappa shape index (κ2) is 24.3. The fourth-order valence-electron chi connectivity index (χ4n) is 15.2. The molecule has 4 aliphatic rings. The minimum Gasteiger partial charge on any atom is -0.497 e. The number of allylic oxidation sites excluding steroid dienone is 2. The van der Waals surface area contributed by atoms with Crippen LogP contribution in [0, 0.1) is 27.7 Å². The number of hydrogen-bond acceptors (Lipinski definition) is 4. The van der Waals surface area contributed by atoms with E-state index in [1.807, 2.05) is 0 Å². The number of aryl methyl sites for hydroxylation is 4. The Hall–Kier alpha value is -8.02. The van der Waals surface area contributed by atoms with Gasteiger partial charge < -0.3 is 9.47 Å². The van der Waals surface area contributed by atoms with Crippen LogP contribution in [0.4, 0.5) is 0 Å². The lowest BCUT2D eigenvalue weighted by molar-refractivity contribution is 0.164. The van der Waals surface area contributed by atoms with Crippen molar-refractivity contribution in [3.05, 3.63) is 301 Å². The highest BCUT2D eigenvalue weighted by molar-refractivity contribution is 5.97. The fourth-order valence-corrected chi connectivity index (χ4v) is 15.2. The molecule has 0 N–H and O–H groups in total. The molecule has 10 aromatic carbocycles. The highest BCUT2D eigenvalue weighted by atomic mass is 16.5. The maximum atomic E-state index is 5.59. The first kappa shape index (κ1) is 55.2. The quantitative estimate of drug-likeness (QED) is 0.122. The van der Waals surface area contributed by atoms with Gasteiger partial charge in [-0.1, -0.05) is 207 Å². The highest BCUT2D eigenvalue weighted by Gasteiger charge is 2.43. The Morgan fingerprint density at radius 3 is 1.26 bits per heavy atom. The summed E-state index contributed by atoms with van der Waals surface area (Å²) in [6, 6.07) is 77.5. The van der Waals surface area contributed by atoms with Gasteiger partial charge in [-0.15, -0.1) is 0 Å². The van der Waals surface area contributed by atoms with Gasteiger partial charge in [-0.2, -0.15) is 0 Å².